The van der Waals surface area contributed by atoms with E-state index in [2.05, 4.69) is 4.74 Å². The summed E-state index contributed by atoms with van der Waals surface area (Å²) < 4.78 is 29.8. The lowest BCUT2D eigenvalue weighted by Gasteiger charge is -2.19. The normalized spacial score (nSPS) is 13.7. The zero-order valence-corrected chi connectivity index (χ0v) is 9.87. The van der Waals surface area contributed by atoms with Crippen LogP contribution in [0.15, 0.2) is 0 Å². The Bertz CT molecular complexity index is 303. The SMILES string of the molecule is COC(=O)NS(=O)(=O)N(C)CC(C)CN. The van der Waals surface area contributed by atoms with Gasteiger partial charge in [0.2, 0.25) is 0 Å². The first-order valence-corrected chi connectivity index (χ1v) is 5.79. The van der Waals surface area contributed by atoms with Gasteiger partial charge in [-0.2, -0.15) is 12.7 Å². The molecule has 0 aliphatic rings. The number of nitrogens with two attached hydrogens (primary N) is 1. The fraction of sp³-hybridized carbons (Fsp3) is 0.857. The van der Waals surface area contributed by atoms with Gasteiger partial charge in [0.05, 0.1) is 7.11 Å². The van der Waals surface area contributed by atoms with Gasteiger partial charge in [0.25, 0.3) is 0 Å². The minimum Gasteiger partial charge on any atom is -0.452 e. The Labute approximate surface area is 89.7 Å². The first-order chi connectivity index (χ1) is 6.83. The molecule has 0 rings (SSSR count). The summed E-state index contributed by atoms with van der Waals surface area (Å²) in [6, 6.07) is 0. The highest BCUT2D eigenvalue weighted by Crippen LogP contribution is 2.00. The summed E-state index contributed by atoms with van der Waals surface area (Å²) in [5.41, 5.74) is 5.36. The van der Waals surface area contributed by atoms with Crippen LogP contribution in [0.4, 0.5) is 4.79 Å². The van der Waals surface area contributed by atoms with E-state index in [1.54, 1.807) is 4.72 Å². The molecule has 1 atom stereocenters. The summed E-state index contributed by atoms with van der Waals surface area (Å²) in [6.45, 7) is 2.42. The molecule has 0 aromatic carbocycles. The van der Waals surface area contributed by atoms with Crippen molar-refractivity contribution in [3.63, 3.8) is 0 Å². The quantitative estimate of drug-likeness (QED) is 0.648. The maximum Gasteiger partial charge on any atom is 0.421 e. The monoisotopic (exact) mass is 239 g/mol. The molecule has 0 spiro atoms. The van der Waals surface area contributed by atoms with E-state index in [1.807, 2.05) is 6.92 Å². The van der Waals surface area contributed by atoms with Crippen LogP contribution in [0.2, 0.25) is 0 Å². The molecule has 1 unspecified atom stereocenters. The van der Waals surface area contributed by atoms with Crippen LogP contribution in [-0.4, -0.2) is 46.1 Å². The number of carbonyl (C=O) groups is 1. The predicted molar refractivity (Wildman–Crippen MR) is 55.3 cm³/mol. The molecule has 1 amide bonds. The second-order valence-electron chi connectivity index (χ2n) is 3.22. The van der Waals surface area contributed by atoms with E-state index in [-0.39, 0.29) is 12.5 Å². The van der Waals surface area contributed by atoms with Crippen molar-refractivity contribution >= 4 is 16.3 Å². The third-order valence-electron chi connectivity index (χ3n) is 1.78. The number of hydrogen-bond acceptors (Lipinski definition) is 5. The van der Waals surface area contributed by atoms with E-state index in [0.29, 0.717) is 6.54 Å². The van der Waals surface area contributed by atoms with Gasteiger partial charge in [-0.25, -0.2) is 9.52 Å². The number of nitrogens with zero attached hydrogens (tertiary/aromatic N) is 1. The number of rotatable bonds is 5. The van der Waals surface area contributed by atoms with Crippen LogP contribution in [0.5, 0.6) is 0 Å². The molecule has 0 saturated carbocycles. The Kier molecular flexibility index (Phi) is 5.55. The third kappa shape index (κ3) is 4.96. The van der Waals surface area contributed by atoms with Crippen molar-refractivity contribution in [3.05, 3.63) is 0 Å². The first-order valence-electron chi connectivity index (χ1n) is 4.35. The second kappa shape index (κ2) is 5.89. The van der Waals surface area contributed by atoms with E-state index in [1.165, 1.54) is 7.05 Å². The van der Waals surface area contributed by atoms with Gasteiger partial charge in [0.1, 0.15) is 0 Å². The Hall–Kier alpha value is -0.860. The zero-order valence-electron chi connectivity index (χ0n) is 9.06. The summed E-state index contributed by atoms with van der Waals surface area (Å²) in [5, 5.41) is 0. The molecule has 0 radical (unpaired) electrons. The van der Waals surface area contributed by atoms with E-state index < -0.39 is 16.3 Å². The molecule has 0 aliphatic heterocycles. The van der Waals surface area contributed by atoms with Crippen LogP contribution >= 0.6 is 0 Å². The molecule has 0 aromatic rings. The van der Waals surface area contributed by atoms with Crippen molar-refractivity contribution in [3.8, 4) is 0 Å². The number of ether oxygens (including phenoxy) is 1. The van der Waals surface area contributed by atoms with Gasteiger partial charge in [-0.05, 0) is 12.5 Å². The summed E-state index contributed by atoms with van der Waals surface area (Å²) in [7, 11) is -1.37. The van der Waals surface area contributed by atoms with Crippen LogP contribution in [0.1, 0.15) is 6.92 Å². The lowest BCUT2D eigenvalue weighted by molar-refractivity contribution is 0.177. The Balaban J connectivity index is 4.39. The van der Waals surface area contributed by atoms with Gasteiger partial charge in [0, 0.05) is 13.6 Å². The maximum absolute atomic E-state index is 11.4. The minimum absolute atomic E-state index is 0.0178. The van der Waals surface area contributed by atoms with Gasteiger partial charge in [-0.1, -0.05) is 6.92 Å². The average Bonchev–Trinajstić information content (AvgIpc) is 2.16. The maximum atomic E-state index is 11.4. The van der Waals surface area contributed by atoms with Gasteiger partial charge < -0.3 is 10.5 Å². The summed E-state index contributed by atoms with van der Waals surface area (Å²) in [4.78, 5) is 10.7. The highest BCUT2D eigenvalue weighted by Gasteiger charge is 2.21. The molecule has 0 fully saturated rings. The van der Waals surface area contributed by atoms with Crippen molar-refractivity contribution in [2.45, 2.75) is 6.92 Å². The molecule has 3 N–H and O–H groups in total. The third-order valence-corrected chi connectivity index (χ3v) is 3.17. The first kappa shape index (κ1) is 14.1. The number of carbonyl (C=O) groups excluding carboxylic acids is 1. The second-order valence-corrected chi connectivity index (χ2v) is 5.00. The molecular formula is C7H17N3O4S. The zero-order chi connectivity index (χ0) is 12.1. The summed E-state index contributed by atoms with van der Waals surface area (Å²) >= 11 is 0. The van der Waals surface area contributed by atoms with Crippen molar-refractivity contribution in [2.24, 2.45) is 11.7 Å². The molecule has 0 aromatic heterocycles. The van der Waals surface area contributed by atoms with E-state index in [9.17, 15) is 13.2 Å². The fourth-order valence-corrected chi connectivity index (χ4v) is 1.74. The Morgan fingerprint density at radius 1 is 1.60 bits per heavy atom. The largest absolute Gasteiger partial charge is 0.452 e. The molecule has 0 aliphatic carbocycles. The fourth-order valence-electron chi connectivity index (χ4n) is 0.836. The number of hydrogen-bond donors (Lipinski definition) is 2. The Morgan fingerprint density at radius 3 is 2.53 bits per heavy atom. The number of methoxy groups -OCH3 is 1. The molecule has 0 bridgehead atoms. The molecule has 0 saturated heterocycles. The Morgan fingerprint density at radius 2 is 2.13 bits per heavy atom. The van der Waals surface area contributed by atoms with Crippen molar-refractivity contribution < 1.29 is 17.9 Å². The average molecular weight is 239 g/mol. The van der Waals surface area contributed by atoms with Crippen molar-refractivity contribution in [1.29, 1.82) is 0 Å². The van der Waals surface area contributed by atoms with Crippen LogP contribution in [-0.2, 0) is 14.9 Å². The molecule has 15 heavy (non-hydrogen) atoms. The van der Waals surface area contributed by atoms with E-state index in [4.69, 9.17) is 5.73 Å². The van der Waals surface area contributed by atoms with E-state index in [0.717, 1.165) is 11.4 Å². The number of nitrogens with one attached hydrogen (secondary N) is 1. The molecule has 0 heterocycles. The van der Waals surface area contributed by atoms with Crippen LogP contribution in [0, 0.1) is 5.92 Å². The van der Waals surface area contributed by atoms with Gasteiger partial charge in [0.15, 0.2) is 0 Å². The molecule has 8 heteroatoms. The minimum atomic E-state index is -3.82. The van der Waals surface area contributed by atoms with Gasteiger partial charge in [-0.15, -0.1) is 0 Å². The highest BCUT2D eigenvalue weighted by molar-refractivity contribution is 7.87. The lowest BCUT2D eigenvalue weighted by Crippen LogP contribution is -2.43. The smallest absolute Gasteiger partial charge is 0.421 e. The summed E-state index contributed by atoms with van der Waals surface area (Å²) in [6.07, 6.45) is -1.01. The van der Waals surface area contributed by atoms with Crippen LogP contribution in [0.3, 0.4) is 0 Å². The standard InChI is InChI=1S/C7H17N3O4S/c1-6(4-8)5-10(2)15(12,13)9-7(11)14-3/h6H,4-5,8H2,1-3H3,(H,9,11). The molecule has 90 valence electrons. The van der Waals surface area contributed by atoms with Crippen molar-refractivity contribution in [2.75, 3.05) is 27.2 Å². The van der Waals surface area contributed by atoms with Gasteiger partial charge in [-0.3, -0.25) is 0 Å². The number of amides is 1. The topological polar surface area (TPSA) is 102 Å². The molecule has 7 nitrogen and oxygen atoms in total. The van der Waals surface area contributed by atoms with Crippen LogP contribution in [0.25, 0.3) is 0 Å². The summed E-state index contributed by atoms with van der Waals surface area (Å²) in [5.74, 6) is 0.0178. The van der Waals surface area contributed by atoms with Crippen molar-refractivity contribution in [1.82, 2.24) is 9.03 Å². The lowest BCUT2D eigenvalue weighted by atomic mass is 10.2. The highest BCUT2D eigenvalue weighted by atomic mass is 32.2. The van der Waals surface area contributed by atoms with E-state index >= 15 is 0 Å². The van der Waals surface area contributed by atoms with Crippen LogP contribution < -0.4 is 10.5 Å². The predicted octanol–water partition coefficient (Wildman–Crippen LogP) is -0.886. The van der Waals surface area contributed by atoms with Gasteiger partial charge >= 0.3 is 16.3 Å². The molecular weight excluding hydrogens is 222 g/mol.